The van der Waals surface area contributed by atoms with E-state index in [4.69, 9.17) is 21.9 Å². The fourth-order valence-corrected chi connectivity index (χ4v) is 2.84. The van der Waals surface area contributed by atoms with Crippen molar-refractivity contribution in [3.8, 4) is 22.4 Å². The van der Waals surface area contributed by atoms with Crippen LogP contribution in [-0.2, 0) is 0 Å². The Morgan fingerprint density at radius 3 is 2.62 bits per heavy atom. The third kappa shape index (κ3) is 2.54. The maximum absolute atomic E-state index is 14.1. The summed E-state index contributed by atoms with van der Waals surface area (Å²) in [5, 5.41) is 4.45. The number of nitrogens with two attached hydrogens (primary N) is 1. The Balaban J connectivity index is 2.27. The van der Waals surface area contributed by atoms with E-state index in [0.717, 1.165) is 0 Å². The molecular weight excluding hydrogens is 359 g/mol. The van der Waals surface area contributed by atoms with E-state index >= 15 is 0 Å². The van der Waals surface area contributed by atoms with Crippen molar-refractivity contribution in [3.05, 3.63) is 57.8 Å². The molecule has 0 unspecified atom stereocenters. The maximum atomic E-state index is 14.1. The molecule has 1 heterocycles. The van der Waals surface area contributed by atoms with Gasteiger partial charge < -0.3 is 10.3 Å². The van der Waals surface area contributed by atoms with E-state index in [2.05, 4.69) is 21.1 Å². The smallest absolute Gasteiger partial charge is 0.230 e. The average Bonchev–Trinajstić information content (AvgIpc) is 2.80. The van der Waals surface area contributed by atoms with Gasteiger partial charge in [-0.3, -0.25) is 0 Å². The van der Waals surface area contributed by atoms with Gasteiger partial charge in [0.05, 0.1) is 11.1 Å². The number of rotatable bonds is 2. The Bertz CT molecular complexity index is 799. The van der Waals surface area contributed by atoms with Gasteiger partial charge in [-0.15, -0.1) is 0 Å². The van der Waals surface area contributed by atoms with Gasteiger partial charge in [0.15, 0.2) is 0 Å². The Morgan fingerprint density at radius 1 is 1.14 bits per heavy atom. The van der Waals surface area contributed by atoms with E-state index in [1.54, 1.807) is 30.3 Å². The van der Waals surface area contributed by atoms with Crippen LogP contribution in [0.15, 0.2) is 51.5 Å². The first-order chi connectivity index (χ1) is 10.1. The summed E-state index contributed by atoms with van der Waals surface area (Å²) in [6.07, 6.45) is 0. The number of nitrogens with zero attached hydrogens (tertiary/aromatic N) is 1. The fourth-order valence-electron chi connectivity index (χ4n) is 2.12. The molecule has 6 heteroatoms. The predicted octanol–water partition coefficient (Wildman–Crippen LogP) is 5.15. The molecule has 2 N–H and O–H groups in total. The van der Waals surface area contributed by atoms with Gasteiger partial charge in [-0.25, -0.2) is 4.39 Å². The van der Waals surface area contributed by atoms with E-state index < -0.39 is 5.82 Å². The molecule has 0 spiro atoms. The Hall–Kier alpha value is -1.85. The van der Waals surface area contributed by atoms with Crippen LogP contribution >= 0.6 is 27.5 Å². The Labute approximate surface area is 133 Å². The summed E-state index contributed by atoms with van der Waals surface area (Å²) in [5.41, 5.74) is 7.71. The van der Waals surface area contributed by atoms with Crippen LogP contribution in [0.1, 0.15) is 0 Å². The SMILES string of the molecule is Nc1onc(-c2c(F)cccc2Br)c1-c1cccc(Cl)c1. The van der Waals surface area contributed by atoms with Gasteiger partial charge in [-0.05, 0) is 45.8 Å². The maximum Gasteiger partial charge on any atom is 0.230 e. The van der Waals surface area contributed by atoms with Crippen LogP contribution in [0.5, 0.6) is 0 Å². The van der Waals surface area contributed by atoms with Crippen LogP contribution in [0.3, 0.4) is 0 Å². The number of benzene rings is 2. The minimum Gasteiger partial charge on any atom is -0.367 e. The molecule has 0 amide bonds. The van der Waals surface area contributed by atoms with E-state index in [0.29, 0.717) is 31.9 Å². The summed E-state index contributed by atoms with van der Waals surface area (Å²) in [6.45, 7) is 0. The Morgan fingerprint density at radius 2 is 1.90 bits per heavy atom. The molecule has 0 atom stereocenters. The molecule has 106 valence electrons. The lowest BCUT2D eigenvalue weighted by molar-refractivity contribution is 0.439. The topological polar surface area (TPSA) is 52.0 Å². The van der Waals surface area contributed by atoms with Gasteiger partial charge in [0.1, 0.15) is 11.5 Å². The molecule has 0 fully saturated rings. The van der Waals surface area contributed by atoms with Crippen LogP contribution in [0.25, 0.3) is 22.4 Å². The normalized spacial score (nSPS) is 10.8. The summed E-state index contributed by atoms with van der Waals surface area (Å²) in [7, 11) is 0. The second kappa shape index (κ2) is 5.50. The highest BCUT2D eigenvalue weighted by Gasteiger charge is 2.22. The molecule has 0 aliphatic rings. The zero-order valence-electron chi connectivity index (χ0n) is 10.6. The van der Waals surface area contributed by atoms with Crippen molar-refractivity contribution < 1.29 is 8.91 Å². The molecule has 0 aliphatic carbocycles. The molecule has 3 aromatic rings. The molecule has 2 aromatic carbocycles. The molecular formula is C15H9BrClFN2O. The number of nitrogen functional groups attached to an aromatic ring is 1. The van der Waals surface area contributed by atoms with Crippen molar-refractivity contribution >= 4 is 33.4 Å². The van der Waals surface area contributed by atoms with Crippen LogP contribution in [0.4, 0.5) is 10.3 Å². The zero-order valence-corrected chi connectivity index (χ0v) is 13.0. The van der Waals surface area contributed by atoms with Crippen molar-refractivity contribution in [1.82, 2.24) is 5.16 Å². The van der Waals surface area contributed by atoms with Crippen molar-refractivity contribution in [3.63, 3.8) is 0 Å². The zero-order chi connectivity index (χ0) is 15.0. The van der Waals surface area contributed by atoms with Gasteiger partial charge in [-0.1, -0.05) is 35.0 Å². The number of hydrogen-bond donors (Lipinski definition) is 1. The summed E-state index contributed by atoms with van der Waals surface area (Å²) in [6, 6.07) is 11.7. The minimum absolute atomic E-state index is 0.113. The third-order valence-corrected chi connectivity index (χ3v) is 3.93. The number of halogens is 3. The van der Waals surface area contributed by atoms with Crippen LogP contribution in [0, 0.1) is 5.82 Å². The van der Waals surface area contributed by atoms with Crippen LogP contribution in [-0.4, -0.2) is 5.16 Å². The number of hydrogen-bond acceptors (Lipinski definition) is 3. The van der Waals surface area contributed by atoms with Crippen molar-refractivity contribution in [2.75, 3.05) is 5.73 Å². The number of anilines is 1. The molecule has 0 aliphatic heterocycles. The molecule has 0 saturated carbocycles. The van der Waals surface area contributed by atoms with E-state index in [1.807, 2.05) is 6.07 Å². The second-order valence-corrected chi connectivity index (χ2v) is 5.67. The molecule has 0 radical (unpaired) electrons. The molecule has 0 bridgehead atoms. The third-order valence-electron chi connectivity index (χ3n) is 3.03. The highest BCUT2D eigenvalue weighted by Crippen LogP contribution is 2.40. The van der Waals surface area contributed by atoms with Crippen molar-refractivity contribution in [1.29, 1.82) is 0 Å². The molecule has 1 aromatic heterocycles. The average molecular weight is 368 g/mol. The first kappa shape index (κ1) is 14.1. The van der Waals surface area contributed by atoms with E-state index in [9.17, 15) is 4.39 Å². The van der Waals surface area contributed by atoms with E-state index in [1.165, 1.54) is 6.07 Å². The van der Waals surface area contributed by atoms with Gasteiger partial charge >= 0.3 is 0 Å². The van der Waals surface area contributed by atoms with Crippen LogP contribution < -0.4 is 5.73 Å². The summed E-state index contributed by atoms with van der Waals surface area (Å²) in [5.74, 6) is -0.302. The van der Waals surface area contributed by atoms with Crippen molar-refractivity contribution in [2.45, 2.75) is 0 Å². The first-order valence-corrected chi connectivity index (χ1v) is 7.20. The number of aromatic nitrogens is 1. The summed E-state index contributed by atoms with van der Waals surface area (Å²) in [4.78, 5) is 0. The Kier molecular flexibility index (Phi) is 3.69. The van der Waals surface area contributed by atoms with Gasteiger partial charge in [-0.2, -0.15) is 0 Å². The van der Waals surface area contributed by atoms with Gasteiger partial charge in [0.25, 0.3) is 0 Å². The summed E-state index contributed by atoms with van der Waals surface area (Å²) < 4.78 is 19.8. The molecule has 0 saturated heterocycles. The first-order valence-electron chi connectivity index (χ1n) is 6.03. The predicted molar refractivity (Wildman–Crippen MR) is 84.5 cm³/mol. The molecule has 3 nitrogen and oxygen atoms in total. The van der Waals surface area contributed by atoms with Crippen molar-refractivity contribution in [2.24, 2.45) is 0 Å². The second-order valence-electron chi connectivity index (χ2n) is 4.38. The molecule has 21 heavy (non-hydrogen) atoms. The highest BCUT2D eigenvalue weighted by molar-refractivity contribution is 9.10. The quantitative estimate of drug-likeness (QED) is 0.682. The minimum atomic E-state index is -0.416. The van der Waals surface area contributed by atoms with Gasteiger partial charge in [0.2, 0.25) is 5.88 Å². The monoisotopic (exact) mass is 366 g/mol. The van der Waals surface area contributed by atoms with Crippen LogP contribution in [0.2, 0.25) is 5.02 Å². The van der Waals surface area contributed by atoms with Gasteiger partial charge in [0, 0.05) is 9.50 Å². The lowest BCUT2D eigenvalue weighted by Crippen LogP contribution is -1.91. The largest absolute Gasteiger partial charge is 0.367 e. The lowest BCUT2D eigenvalue weighted by atomic mass is 10.0. The molecule has 3 rings (SSSR count). The summed E-state index contributed by atoms with van der Waals surface area (Å²) >= 11 is 9.33. The standard InChI is InChI=1S/C15H9BrClFN2O/c16-10-5-2-6-11(18)13(10)14-12(15(19)21-20-14)8-3-1-4-9(17)7-8/h1-7H,19H2. The fraction of sp³-hybridized carbons (Fsp3) is 0. The highest BCUT2D eigenvalue weighted by atomic mass is 79.9. The van der Waals surface area contributed by atoms with E-state index in [-0.39, 0.29) is 5.88 Å². The lowest BCUT2D eigenvalue weighted by Gasteiger charge is -2.06.